The molecule has 6 heteroatoms. The maximum atomic E-state index is 13.9. The van der Waals surface area contributed by atoms with Gasteiger partial charge in [-0.05, 0) is 65.1 Å². The van der Waals surface area contributed by atoms with Crippen LogP contribution in [0.25, 0.3) is 11.1 Å². The Morgan fingerprint density at radius 2 is 1.34 bits per heavy atom. The van der Waals surface area contributed by atoms with Crippen molar-refractivity contribution < 1.29 is 23.7 Å². The molecule has 0 spiro atoms. The van der Waals surface area contributed by atoms with E-state index in [0.29, 0.717) is 41.5 Å². The highest BCUT2D eigenvalue weighted by molar-refractivity contribution is 5.95. The maximum absolute atomic E-state index is 13.9. The smallest absolute Gasteiger partial charge is 0.254 e. The van der Waals surface area contributed by atoms with Crippen molar-refractivity contribution in [2.45, 2.75) is 12.5 Å². The lowest BCUT2D eigenvalue weighted by Gasteiger charge is -2.37. The lowest BCUT2D eigenvalue weighted by molar-refractivity contribution is 0.0587. The summed E-state index contributed by atoms with van der Waals surface area (Å²) in [6.45, 7) is 0.818. The Hall–Kier alpha value is -4.45. The lowest BCUT2D eigenvalue weighted by atomic mass is 9.91. The minimum atomic E-state index is -0.329. The van der Waals surface area contributed by atoms with E-state index < -0.39 is 0 Å². The number of hydrogen-bond donors (Lipinski definition) is 0. The highest BCUT2D eigenvalue weighted by atomic mass is 16.5. The standard InChI is InChI=1S/C32H31NO5/c1-35-28-11-7-8-12-29(28)38-21-27-26-20-31(37-3)30(36-2)19-25(26)17-18-33(27)32(34)24-15-13-23(14-16-24)22-9-5-4-6-10-22/h4-16,19-20,27H,17-18,21H2,1-3H3. The molecular formula is C32H31NO5. The van der Waals surface area contributed by atoms with Gasteiger partial charge in [-0.2, -0.15) is 0 Å². The molecule has 0 radical (unpaired) electrons. The third-order valence-electron chi connectivity index (χ3n) is 6.97. The van der Waals surface area contributed by atoms with Gasteiger partial charge in [0.15, 0.2) is 23.0 Å². The van der Waals surface area contributed by atoms with Crippen molar-refractivity contribution in [3.05, 3.63) is 108 Å². The minimum Gasteiger partial charge on any atom is -0.493 e. The summed E-state index contributed by atoms with van der Waals surface area (Å²) >= 11 is 0. The first-order valence-corrected chi connectivity index (χ1v) is 12.6. The normalized spacial score (nSPS) is 14.4. The number of amides is 1. The van der Waals surface area contributed by atoms with E-state index in [-0.39, 0.29) is 18.6 Å². The Labute approximate surface area is 223 Å². The molecule has 38 heavy (non-hydrogen) atoms. The number of ether oxygens (including phenoxy) is 4. The molecule has 1 unspecified atom stereocenters. The number of carbonyl (C=O) groups is 1. The van der Waals surface area contributed by atoms with Crippen LogP contribution in [0.1, 0.15) is 27.5 Å². The van der Waals surface area contributed by atoms with Crippen molar-refractivity contribution in [1.82, 2.24) is 4.90 Å². The summed E-state index contributed by atoms with van der Waals surface area (Å²) in [6, 6.07) is 29.1. The number of rotatable bonds is 8. The lowest BCUT2D eigenvalue weighted by Crippen LogP contribution is -2.42. The second-order valence-electron chi connectivity index (χ2n) is 9.08. The minimum absolute atomic E-state index is 0.0429. The zero-order chi connectivity index (χ0) is 26.5. The molecule has 4 aromatic rings. The molecule has 1 atom stereocenters. The van der Waals surface area contributed by atoms with Gasteiger partial charge in [0, 0.05) is 12.1 Å². The Bertz CT molecular complexity index is 1400. The Balaban J connectivity index is 1.47. The summed E-state index contributed by atoms with van der Waals surface area (Å²) < 4.78 is 22.9. The Morgan fingerprint density at radius 1 is 0.737 bits per heavy atom. The van der Waals surface area contributed by atoms with Gasteiger partial charge in [0.05, 0.1) is 27.4 Å². The van der Waals surface area contributed by atoms with Crippen LogP contribution in [-0.2, 0) is 6.42 Å². The fourth-order valence-corrected chi connectivity index (χ4v) is 4.96. The topological polar surface area (TPSA) is 57.2 Å². The third kappa shape index (κ3) is 5.02. The fourth-order valence-electron chi connectivity index (χ4n) is 4.96. The number of hydrogen-bond acceptors (Lipinski definition) is 5. The summed E-state index contributed by atoms with van der Waals surface area (Å²) in [7, 11) is 4.86. The van der Waals surface area contributed by atoms with E-state index in [2.05, 4.69) is 12.1 Å². The molecular weight excluding hydrogens is 478 g/mol. The van der Waals surface area contributed by atoms with E-state index in [1.54, 1.807) is 21.3 Å². The van der Waals surface area contributed by atoms with Gasteiger partial charge in [-0.25, -0.2) is 0 Å². The second kappa shape index (κ2) is 11.3. The Kier molecular flexibility index (Phi) is 7.50. The monoisotopic (exact) mass is 509 g/mol. The van der Waals surface area contributed by atoms with Crippen molar-refractivity contribution in [2.24, 2.45) is 0 Å². The van der Waals surface area contributed by atoms with Crippen molar-refractivity contribution in [1.29, 1.82) is 0 Å². The number of methoxy groups -OCH3 is 3. The van der Waals surface area contributed by atoms with Crippen molar-refractivity contribution >= 4 is 5.91 Å². The number of carbonyl (C=O) groups excluding carboxylic acids is 1. The Morgan fingerprint density at radius 3 is 2.03 bits per heavy atom. The predicted octanol–water partition coefficient (Wildman–Crippen LogP) is 6.20. The molecule has 0 aliphatic carbocycles. The van der Waals surface area contributed by atoms with Gasteiger partial charge in [-0.1, -0.05) is 54.6 Å². The van der Waals surface area contributed by atoms with E-state index in [4.69, 9.17) is 18.9 Å². The van der Waals surface area contributed by atoms with E-state index in [9.17, 15) is 4.79 Å². The van der Waals surface area contributed by atoms with E-state index >= 15 is 0 Å². The van der Waals surface area contributed by atoms with Crippen molar-refractivity contribution in [3.63, 3.8) is 0 Å². The maximum Gasteiger partial charge on any atom is 0.254 e. The molecule has 4 aromatic carbocycles. The van der Waals surface area contributed by atoms with Crippen LogP contribution in [0.2, 0.25) is 0 Å². The molecule has 0 saturated heterocycles. The van der Waals surface area contributed by atoms with Crippen LogP contribution < -0.4 is 18.9 Å². The van der Waals surface area contributed by atoms with Crippen LogP contribution in [-0.4, -0.2) is 45.3 Å². The largest absolute Gasteiger partial charge is 0.493 e. The molecule has 1 aliphatic rings. The molecule has 1 heterocycles. The van der Waals surface area contributed by atoms with Crippen LogP contribution >= 0.6 is 0 Å². The number of fused-ring (bicyclic) bond motifs is 1. The van der Waals surface area contributed by atoms with Gasteiger partial charge in [-0.3, -0.25) is 4.79 Å². The average molecular weight is 510 g/mol. The second-order valence-corrected chi connectivity index (χ2v) is 9.08. The van der Waals surface area contributed by atoms with Crippen LogP contribution in [0.3, 0.4) is 0 Å². The molecule has 0 aromatic heterocycles. The molecule has 6 nitrogen and oxygen atoms in total. The summed E-state index contributed by atoms with van der Waals surface area (Å²) in [6.07, 6.45) is 0.703. The van der Waals surface area contributed by atoms with E-state index in [1.807, 2.05) is 83.8 Å². The zero-order valence-corrected chi connectivity index (χ0v) is 21.8. The van der Waals surface area contributed by atoms with E-state index in [0.717, 1.165) is 22.3 Å². The summed E-state index contributed by atoms with van der Waals surface area (Å²) in [4.78, 5) is 15.8. The summed E-state index contributed by atoms with van der Waals surface area (Å²) in [5.74, 6) is 2.52. The van der Waals surface area contributed by atoms with Gasteiger partial charge < -0.3 is 23.8 Å². The van der Waals surface area contributed by atoms with Crippen LogP contribution in [0.4, 0.5) is 0 Å². The molecule has 1 amide bonds. The van der Waals surface area contributed by atoms with Crippen LogP contribution in [0.15, 0.2) is 91.0 Å². The fraction of sp³-hybridized carbons (Fsp3) is 0.219. The SMILES string of the molecule is COc1cc2c(cc1OC)C(COc1ccccc1OC)N(C(=O)c1ccc(-c3ccccc3)cc1)CC2. The molecule has 194 valence electrons. The van der Waals surface area contributed by atoms with Crippen molar-refractivity contribution in [3.8, 4) is 34.1 Å². The molecule has 5 rings (SSSR count). The van der Waals surface area contributed by atoms with E-state index in [1.165, 1.54) is 0 Å². The first kappa shape index (κ1) is 25.2. The number of benzene rings is 4. The van der Waals surface area contributed by atoms with Gasteiger partial charge in [0.2, 0.25) is 0 Å². The number of para-hydroxylation sites is 2. The molecule has 0 saturated carbocycles. The van der Waals surface area contributed by atoms with Gasteiger partial charge in [0.1, 0.15) is 6.61 Å². The molecule has 0 bridgehead atoms. The third-order valence-corrected chi connectivity index (χ3v) is 6.97. The van der Waals surface area contributed by atoms with Gasteiger partial charge in [-0.15, -0.1) is 0 Å². The van der Waals surface area contributed by atoms with Gasteiger partial charge >= 0.3 is 0 Å². The molecule has 0 N–H and O–H groups in total. The van der Waals surface area contributed by atoms with Crippen LogP contribution in [0, 0.1) is 0 Å². The van der Waals surface area contributed by atoms with Crippen molar-refractivity contribution in [2.75, 3.05) is 34.5 Å². The van der Waals surface area contributed by atoms with Crippen LogP contribution in [0.5, 0.6) is 23.0 Å². The quantitative estimate of drug-likeness (QED) is 0.283. The predicted molar refractivity (Wildman–Crippen MR) is 147 cm³/mol. The van der Waals surface area contributed by atoms with Gasteiger partial charge in [0.25, 0.3) is 5.91 Å². The number of nitrogens with zero attached hydrogens (tertiary/aromatic N) is 1. The highest BCUT2D eigenvalue weighted by Gasteiger charge is 2.33. The zero-order valence-electron chi connectivity index (χ0n) is 21.8. The highest BCUT2D eigenvalue weighted by Crippen LogP contribution is 2.39. The first-order valence-electron chi connectivity index (χ1n) is 12.6. The first-order chi connectivity index (χ1) is 18.6. The summed E-state index contributed by atoms with van der Waals surface area (Å²) in [5.41, 5.74) is 4.91. The average Bonchev–Trinajstić information content (AvgIpc) is 2.99. The summed E-state index contributed by atoms with van der Waals surface area (Å²) in [5, 5.41) is 0. The molecule has 0 fully saturated rings. The molecule has 1 aliphatic heterocycles.